The van der Waals surface area contributed by atoms with Crippen LogP contribution in [0.5, 0.6) is 5.75 Å². The number of carbonyl (C=O) groups excluding carboxylic acids is 2. The lowest BCUT2D eigenvalue weighted by atomic mass is 10.1. The summed E-state index contributed by atoms with van der Waals surface area (Å²) in [5, 5.41) is 0.323. The Balaban J connectivity index is 1.72. The van der Waals surface area contributed by atoms with E-state index < -0.39 is 46.9 Å². The number of carbonyl (C=O) groups is 2. The first-order valence-electron chi connectivity index (χ1n) is 10.9. The molecule has 0 saturated carbocycles. The number of rotatable bonds is 7. The Morgan fingerprint density at radius 2 is 1.78 bits per heavy atom. The minimum atomic E-state index is -4.32. The van der Waals surface area contributed by atoms with Gasteiger partial charge in [0, 0.05) is 22.2 Å². The molecule has 3 aromatic rings. The van der Waals surface area contributed by atoms with E-state index in [0.717, 1.165) is 10.4 Å². The number of fused-ring (bicyclic) bond motifs is 1. The Hall–Kier alpha value is -3.18. The van der Waals surface area contributed by atoms with Gasteiger partial charge in [0.05, 0.1) is 30.8 Å². The molecule has 0 spiro atoms. The second kappa shape index (κ2) is 11.1. The zero-order valence-electron chi connectivity index (χ0n) is 19.4. The van der Waals surface area contributed by atoms with Crippen LogP contribution in [-0.2, 0) is 30.9 Å². The van der Waals surface area contributed by atoms with Crippen LogP contribution in [0.15, 0.2) is 71.6 Å². The topological polar surface area (TPSA) is 93.2 Å². The summed E-state index contributed by atoms with van der Waals surface area (Å²) in [5.41, 5.74) is 0.254. The molecule has 0 unspecified atom stereocenters. The van der Waals surface area contributed by atoms with Crippen LogP contribution < -0.4 is 9.64 Å². The van der Waals surface area contributed by atoms with Crippen molar-refractivity contribution in [3.63, 3.8) is 0 Å². The second-order valence-electron chi connectivity index (χ2n) is 8.03. The van der Waals surface area contributed by atoms with Gasteiger partial charge < -0.3 is 14.4 Å². The molecule has 1 atom stereocenters. The molecule has 4 rings (SSSR count). The van der Waals surface area contributed by atoms with E-state index >= 15 is 0 Å². The highest BCUT2D eigenvalue weighted by Crippen LogP contribution is 2.34. The molecule has 0 aromatic heterocycles. The number of methoxy groups -OCH3 is 1. The molecule has 0 bridgehead atoms. The van der Waals surface area contributed by atoms with Crippen molar-refractivity contribution in [3.8, 4) is 5.75 Å². The first-order chi connectivity index (χ1) is 17.6. The van der Waals surface area contributed by atoms with Crippen molar-refractivity contribution in [1.82, 2.24) is 4.31 Å². The molecule has 1 aliphatic heterocycles. The van der Waals surface area contributed by atoms with Crippen LogP contribution in [0.1, 0.15) is 5.56 Å². The van der Waals surface area contributed by atoms with Gasteiger partial charge in [0.2, 0.25) is 22.0 Å². The number of esters is 1. The van der Waals surface area contributed by atoms with Gasteiger partial charge in [0.1, 0.15) is 11.6 Å². The summed E-state index contributed by atoms with van der Waals surface area (Å²) in [7, 11) is -3.12. The Morgan fingerprint density at radius 1 is 1.08 bits per heavy atom. The molecule has 0 fully saturated rings. The first-order valence-corrected chi connectivity index (χ1v) is 13.1. The number of benzene rings is 3. The van der Waals surface area contributed by atoms with E-state index in [9.17, 15) is 22.4 Å². The standard InChI is InChI=1S/C25H21Cl2FN2O6S/c1-35-25(32)23-14-30(21-7-2-3-8-22(21)36-23)24(31)15-29(13-18-19(27)5-4-6-20(18)28)37(33,34)17-11-9-16(26)10-12-17/h2-12,23H,13-15H2,1H3/t23-/m1/s1. The van der Waals surface area contributed by atoms with Crippen molar-refractivity contribution >= 4 is 50.8 Å². The Bertz CT molecular complexity index is 1420. The van der Waals surface area contributed by atoms with E-state index in [4.69, 9.17) is 32.7 Å². The number of nitrogens with zero attached hydrogens (tertiary/aromatic N) is 2. The highest BCUT2D eigenvalue weighted by Gasteiger charge is 2.37. The molecule has 8 nitrogen and oxygen atoms in total. The third-order valence-electron chi connectivity index (χ3n) is 5.70. The van der Waals surface area contributed by atoms with Gasteiger partial charge in [0.25, 0.3) is 0 Å². The third-order valence-corrected chi connectivity index (χ3v) is 8.11. The van der Waals surface area contributed by atoms with E-state index in [0.29, 0.717) is 10.7 Å². The van der Waals surface area contributed by atoms with Crippen LogP contribution in [0.4, 0.5) is 10.1 Å². The maximum absolute atomic E-state index is 14.6. The SMILES string of the molecule is COC(=O)[C@H]1CN(C(=O)CN(Cc2c(F)cccc2Cl)S(=O)(=O)c2ccc(Cl)cc2)c2ccccc2O1. The quantitative estimate of drug-likeness (QED) is 0.396. The van der Waals surface area contributed by atoms with Gasteiger partial charge in [-0.3, -0.25) is 4.79 Å². The summed E-state index contributed by atoms with van der Waals surface area (Å²) < 4.78 is 53.1. The predicted molar refractivity (Wildman–Crippen MR) is 136 cm³/mol. The van der Waals surface area contributed by atoms with Crippen molar-refractivity contribution in [2.24, 2.45) is 0 Å². The fourth-order valence-electron chi connectivity index (χ4n) is 3.80. The highest BCUT2D eigenvalue weighted by atomic mass is 35.5. The van der Waals surface area contributed by atoms with E-state index in [1.165, 1.54) is 48.4 Å². The Kier molecular flexibility index (Phi) is 8.03. The number of para-hydroxylation sites is 2. The molecule has 12 heteroatoms. The number of anilines is 1. The molecule has 0 radical (unpaired) electrons. The van der Waals surface area contributed by atoms with E-state index in [1.54, 1.807) is 24.3 Å². The maximum atomic E-state index is 14.6. The molecular weight excluding hydrogens is 546 g/mol. The monoisotopic (exact) mass is 566 g/mol. The van der Waals surface area contributed by atoms with E-state index in [1.807, 2.05) is 0 Å². The van der Waals surface area contributed by atoms with Crippen molar-refractivity contribution < 1.29 is 31.9 Å². The highest BCUT2D eigenvalue weighted by molar-refractivity contribution is 7.89. The van der Waals surface area contributed by atoms with Gasteiger partial charge in [-0.2, -0.15) is 4.31 Å². The molecule has 0 aliphatic carbocycles. The van der Waals surface area contributed by atoms with Gasteiger partial charge in [0.15, 0.2) is 0 Å². The summed E-state index contributed by atoms with van der Waals surface area (Å²) >= 11 is 12.1. The average Bonchev–Trinajstić information content (AvgIpc) is 2.89. The van der Waals surface area contributed by atoms with Crippen molar-refractivity contribution in [3.05, 3.63) is 88.2 Å². The van der Waals surface area contributed by atoms with Crippen LogP contribution in [0.2, 0.25) is 10.0 Å². The predicted octanol–water partition coefficient (Wildman–Crippen LogP) is 4.29. The lowest BCUT2D eigenvalue weighted by molar-refractivity contribution is -0.148. The summed E-state index contributed by atoms with van der Waals surface area (Å²) in [6.07, 6.45) is -1.12. The van der Waals surface area contributed by atoms with E-state index in [2.05, 4.69) is 0 Å². The molecule has 194 valence electrons. The molecular formula is C25H21Cl2FN2O6S. The van der Waals surface area contributed by atoms with Crippen molar-refractivity contribution in [2.75, 3.05) is 25.1 Å². The van der Waals surface area contributed by atoms with E-state index in [-0.39, 0.29) is 27.8 Å². The number of hydrogen-bond donors (Lipinski definition) is 0. The molecule has 37 heavy (non-hydrogen) atoms. The first kappa shape index (κ1) is 26.9. The van der Waals surface area contributed by atoms with Crippen LogP contribution in [0, 0.1) is 5.82 Å². The number of sulfonamides is 1. The average molecular weight is 567 g/mol. The van der Waals surface area contributed by atoms with Crippen LogP contribution in [0.3, 0.4) is 0 Å². The molecule has 1 aliphatic rings. The molecule has 0 N–H and O–H groups in total. The lowest BCUT2D eigenvalue weighted by Gasteiger charge is -2.34. The molecule has 3 aromatic carbocycles. The largest absolute Gasteiger partial charge is 0.475 e. The fraction of sp³-hybridized carbons (Fsp3) is 0.200. The van der Waals surface area contributed by atoms with Gasteiger partial charge in [-0.15, -0.1) is 0 Å². The summed E-state index contributed by atoms with van der Waals surface area (Å²) in [6.45, 7) is -1.41. The molecule has 1 heterocycles. The minimum Gasteiger partial charge on any atom is -0.475 e. The minimum absolute atomic E-state index is 0.00577. The smallest absolute Gasteiger partial charge is 0.348 e. The number of hydrogen-bond acceptors (Lipinski definition) is 6. The number of ether oxygens (including phenoxy) is 2. The number of amides is 1. The summed E-state index contributed by atoms with van der Waals surface area (Å²) in [6, 6.07) is 15.8. The van der Waals surface area contributed by atoms with Gasteiger partial charge in [-0.1, -0.05) is 41.4 Å². The molecule has 0 saturated heterocycles. The zero-order chi connectivity index (χ0) is 26.7. The normalized spacial score (nSPS) is 15.2. The van der Waals surface area contributed by atoms with Gasteiger partial charge in [-0.25, -0.2) is 17.6 Å². The Morgan fingerprint density at radius 3 is 2.46 bits per heavy atom. The Labute approximate surface area is 223 Å². The van der Waals surface area contributed by atoms with Crippen LogP contribution >= 0.6 is 23.2 Å². The molecule has 1 amide bonds. The fourth-order valence-corrected chi connectivity index (χ4v) is 5.51. The van der Waals surface area contributed by atoms with Crippen molar-refractivity contribution in [2.45, 2.75) is 17.5 Å². The lowest BCUT2D eigenvalue weighted by Crippen LogP contribution is -2.50. The van der Waals surface area contributed by atoms with Gasteiger partial charge >= 0.3 is 5.97 Å². The van der Waals surface area contributed by atoms with Crippen LogP contribution in [0.25, 0.3) is 0 Å². The van der Waals surface area contributed by atoms with Crippen LogP contribution in [-0.4, -0.2) is 50.9 Å². The maximum Gasteiger partial charge on any atom is 0.348 e. The van der Waals surface area contributed by atoms with Crippen molar-refractivity contribution in [1.29, 1.82) is 0 Å². The second-order valence-corrected chi connectivity index (χ2v) is 10.8. The summed E-state index contributed by atoms with van der Waals surface area (Å²) in [5.74, 6) is -1.84. The summed E-state index contributed by atoms with van der Waals surface area (Å²) in [4.78, 5) is 26.9. The number of halogens is 3. The zero-order valence-corrected chi connectivity index (χ0v) is 21.8. The van der Waals surface area contributed by atoms with Gasteiger partial charge in [-0.05, 0) is 48.5 Å². The third kappa shape index (κ3) is 5.72.